The molecular formula is C20H19Cl2NO3. The zero-order valence-electron chi connectivity index (χ0n) is 14.2. The molecule has 1 aliphatic heterocycles. The van der Waals surface area contributed by atoms with Crippen LogP contribution in [0.15, 0.2) is 48.5 Å². The van der Waals surface area contributed by atoms with E-state index in [2.05, 4.69) is 0 Å². The third kappa shape index (κ3) is 4.77. The maximum absolute atomic E-state index is 12.6. The number of amides is 1. The van der Waals surface area contributed by atoms with Crippen molar-refractivity contribution < 1.29 is 14.3 Å². The van der Waals surface area contributed by atoms with Crippen molar-refractivity contribution in [2.75, 3.05) is 19.7 Å². The summed E-state index contributed by atoms with van der Waals surface area (Å²) in [6.07, 6.45) is 1.80. The zero-order chi connectivity index (χ0) is 18.5. The van der Waals surface area contributed by atoms with Gasteiger partial charge in [0, 0.05) is 34.6 Å². The van der Waals surface area contributed by atoms with Crippen molar-refractivity contribution in [3.63, 3.8) is 0 Å². The lowest BCUT2D eigenvalue weighted by Crippen LogP contribution is -2.41. The molecule has 6 heteroatoms. The fourth-order valence-corrected chi connectivity index (χ4v) is 3.46. The summed E-state index contributed by atoms with van der Waals surface area (Å²) in [7, 11) is 0. The summed E-state index contributed by atoms with van der Waals surface area (Å²) < 4.78 is 5.42. The van der Waals surface area contributed by atoms with Crippen LogP contribution in [0.25, 0.3) is 0 Å². The van der Waals surface area contributed by atoms with Crippen LogP contribution in [0.5, 0.6) is 0 Å². The molecule has 1 fully saturated rings. The van der Waals surface area contributed by atoms with Gasteiger partial charge < -0.3 is 9.64 Å². The predicted molar refractivity (Wildman–Crippen MR) is 102 cm³/mol. The fourth-order valence-electron chi connectivity index (χ4n) is 3.08. The second-order valence-electron chi connectivity index (χ2n) is 6.38. The highest BCUT2D eigenvalue weighted by Crippen LogP contribution is 2.21. The van der Waals surface area contributed by atoms with Crippen molar-refractivity contribution in [1.29, 1.82) is 0 Å². The number of likely N-dealkylation sites (tertiary alicyclic amines) is 1. The summed E-state index contributed by atoms with van der Waals surface area (Å²) >= 11 is 11.9. The van der Waals surface area contributed by atoms with Gasteiger partial charge in [-0.2, -0.15) is 0 Å². The van der Waals surface area contributed by atoms with Crippen LogP contribution in [-0.4, -0.2) is 36.5 Å². The molecule has 1 unspecified atom stereocenters. The maximum Gasteiger partial charge on any atom is 0.338 e. The topological polar surface area (TPSA) is 46.6 Å². The van der Waals surface area contributed by atoms with Gasteiger partial charge in [-0.25, -0.2) is 4.79 Å². The first-order valence-electron chi connectivity index (χ1n) is 8.50. The molecule has 0 N–H and O–H groups in total. The van der Waals surface area contributed by atoms with E-state index in [4.69, 9.17) is 27.9 Å². The van der Waals surface area contributed by atoms with E-state index in [0.717, 1.165) is 12.8 Å². The minimum Gasteiger partial charge on any atom is -0.462 e. The Morgan fingerprint density at radius 2 is 1.69 bits per heavy atom. The Morgan fingerprint density at radius 3 is 2.38 bits per heavy atom. The van der Waals surface area contributed by atoms with Crippen LogP contribution in [0, 0.1) is 5.92 Å². The van der Waals surface area contributed by atoms with Crippen molar-refractivity contribution in [2.24, 2.45) is 5.92 Å². The predicted octanol–water partition coefficient (Wildman–Crippen LogP) is 4.70. The number of halogens is 2. The largest absolute Gasteiger partial charge is 0.462 e. The third-order valence-electron chi connectivity index (χ3n) is 4.39. The molecule has 0 spiro atoms. The lowest BCUT2D eigenvalue weighted by molar-refractivity contribution is 0.0342. The number of esters is 1. The molecule has 0 aliphatic carbocycles. The second kappa shape index (κ2) is 8.56. The minimum atomic E-state index is -0.397. The molecule has 0 radical (unpaired) electrons. The standard InChI is InChI=1S/C20H19Cl2NO3/c21-17-7-1-5-15(10-17)19(24)23-9-3-4-14(12-23)13-26-20(25)16-6-2-8-18(22)11-16/h1-2,5-8,10-11,14H,3-4,9,12-13H2. The van der Waals surface area contributed by atoms with Gasteiger partial charge >= 0.3 is 5.97 Å². The van der Waals surface area contributed by atoms with Gasteiger partial charge in [-0.3, -0.25) is 4.79 Å². The van der Waals surface area contributed by atoms with Crippen LogP contribution >= 0.6 is 23.2 Å². The molecule has 1 saturated heterocycles. The van der Waals surface area contributed by atoms with Crippen molar-refractivity contribution in [3.05, 3.63) is 69.7 Å². The molecular weight excluding hydrogens is 373 g/mol. The van der Waals surface area contributed by atoms with Gasteiger partial charge in [-0.1, -0.05) is 35.3 Å². The Hall–Kier alpha value is -2.04. The average molecular weight is 392 g/mol. The molecule has 2 aromatic rings. The van der Waals surface area contributed by atoms with Crippen LogP contribution < -0.4 is 0 Å². The van der Waals surface area contributed by atoms with E-state index in [0.29, 0.717) is 34.3 Å². The van der Waals surface area contributed by atoms with Gasteiger partial charge in [0.25, 0.3) is 5.91 Å². The highest BCUT2D eigenvalue weighted by molar-refractivity contribution is 6.31. The Labute approximate surface area is 162 Å². The number of carbonyl (C=O) groups excluding carboxylic acids is 2. The first-order chi connectivity index (χ1) is 12.5. The van der Waals surface area contributed by atoms with Gasteiger partial charge in [-0.15, -0.1) is 0 Å². The van der Waals surface area contributed by atoms with Crippen molar-refractivity contribution in [1.82, 2.24) is 4.90 Å². The number of hydrogen-bond donors (Lipinski definition) is 0. The number of carbonyl (C=O) groups is 2. The number of hydrogen-bond acceptors (Lipinski definition) is 3. The highest BCUT2D eigenvalue weighted by Gasteiger charge is 2.25. The number of piperidine rings is 1. The Bertz CT molecular complexity index is 809. The summed E-state index contributed by atoms with van der Waals surface area (Å²) in [4.78, 5) is 26.6. The number of rotatable bonds is 4. The van der Waals surface area contributed by atoms with Gasteiger partial charge in [0.2, 0.25) is 0 Å². The molecule has 0 saturated carbocycles. The smallest absolute Gasteiger partial charge is 0.338 e. The number of ether oxygens (including phenoxy) is 1. The van der Waals surface area contributed by atoms with Crippen molar-refractivity contribution in [3.8, 4) is 0 Å². The minimum absolute atomic E-state index is 0.0432. The summed E-state index contributed by atoms with van der Waals surface area (Å²) in [6.45, 7) is 1.54. The molecule has 1 atom stereocenters. The van der Waals surface area contributed by atoms with Crippen molar-refractivity contribution >= 4 is 35.1 Å². The van der Waals surface area contributed by atoms with Gasteiger partial charge in [-0.05, 0) is 49.2 Å². The molecule has 4 nitrogen and oxygen atoms in total. The third-order valence-corrected chi connectivity index (χ3v) is 4.86. The van der Waals surface area contributed by atoms with Gasteiger partial charge in [0.05, 0.1) is 12.2 Å². The fraction of sp³-hybridized carbons (Fsp3) is 0.300. The average Bonchev–Trinajstić information content (AvgIpc) is 2.65. The molecule has 0 bridgehead atoms. The summed E-state index contributed by atoms with van der Waals surface area (Å²) in [5.41, 5.74) is 1.01. The zero-order valence-corrected chi connectivity index (χ0v) is 15.7. The number of benzene rings is 2. The SMILES string of the molecule is O=C(OCC1CCCN(C(=O)c2cccc(Cl)c2)C1)c1cccc(Cl)c1. The molecule has 2 aromatic carbocycles. The summed E-state index contributed by atoms with van der Waals surface area (Å²) in [5, 5.41) is 1.04. The van der Waals surface area contributed by atoms with E-state index in [-0.39, 0.29) is 18.4 Å². The second-order valence-corrected chi connectivity index (χ2v) is 7.25. The molecule has 0 aromatic heterocycles. The van der Waals surface area contributed by atoms with Crippen molar-refractivity contribution in [2.45, 2.75) is 12.8 Å². The maximum atomic E-state index is 12.6. The lowest BCUT2D eigenvalue weighted by Gasteiger charge is -2.32. The molecule has 3 rings (SSSR count). The summed E-state index contributed by atoms with van der Waals surface area (Å²) in [6, 6.07) is 13.6. The van der Waals surface area contributed by atoms with E-state index >= 15 is 0 Å². The van der Waals surface area contributed by atoms with E-state index in [9.17, 15) is 9.59 Å². The number of nitrogens with zero attached hydrogens (tertiary/aromatic N) is 1. The van der Waals surface area contributed by atoms with Gasteiger partial charge in [0.15, 0.2) is 0 Å². The molecule has 26 heavy (non-hydrogen) atoms. The van der Waals surface area contributed by atoms with Gasteiger partial charge in [0.1, 0.15) is 0 Å². The van der Waals surface area contributed by atoms with Crippen LogP contribution in [-0.2, 0) is 4.74 Å². The molecule has 1 amide bonds. The van der Waals surface area contributed by atoms with Crippen LogP contribution in [0.1, 0.15) is 33.6 Å². The first kappa shape index (κ1) is 18.7. The van der Waals surface area contributed by atoms with Crippen LogP contribution in [0.3, 0.4) is 0 Å². The first-order valence-corrected chi connectivity index (χ1v) is 9.26. The quantitative estimate of drug-likeness (QED) is 0.709. The Morgan fingerprint density at radius 1 is 1.04 bits per heavy atom. The van der Waals surface area contributed by atoms with E-state index in [1.165, 1.54) is 0 Å². The Kier molecular flexibility index (Phi) is 6.17. The van der Waals surface area contributed by atoms with Crippen LogP contribution in [0.4, 0.5) is 0 Å². The Balaban J connectivity index is 1.57. The van der Waals surface area contributed by atoms with E-state index in [1.807, 2.05) is 0 Å². The van der Waals surface area contributed by atoms with E-state index < -0.39 is 5.97 Å². The monoisotopic (exact) mass is 391 g/mol. The summed E-state index contributed by atoms with van der Waals surface area (Å²) in [5.74, 6) is -0.320. The highest BCUT2D eigenvalue weighted by atomic mass is 35.5. The molecule has 1 aliphatic rings. The normalized spacial score (nSPS) is 17.0. The van der Waals surface area contributed by atoms with Crippen LogP contribution in [0.2, 0.25) is 10.0 Å². The lowest BCUT2D eigenvalue weighted by atomic mass is 9.98. The molecule has 136 valence electrons. The van der Waals surface area contributed by atoms with E-state index in [1.54, 1.807) is 53.4 Å². The molecule has 1 heterocycles.